The van der Waals surface area contributed by atoms with Crippen LogP contribution in [0.2, 0.25) is 0 Å². The Morgan fingerprint density at radius 2 is 1.52 bits per heavy atom. The summed E-state index contributed by atoms with van der Waals surface area (Å²) in [6.07, 6.45) is 10.6. The molecule has 0 aromatic carbocycles. The fourth-order valence-corrected chi connectivity index (χ4v) is 4.99. The number of rotatable bonds is 14. The van der Waals surface area contributed by atoms with Gasteiger partial charge in [-0.1, -0.05) is 66.2 Å². The van der Waals surface area contributed by atoms with E-state index in [0.29, 0.717) is 31.3 Å². The van der Waals surface area contributed by atoms with Crippen LogP contribution in [-0.2, 0) is 10.0 Å². The summed E-state index contributed by atoms with van der Waals surface area (Å²) < 4.78 is 28.4. The second-order valence-corrected chi connectivity index (χ2v) is 9.56. The molecular formula is C22H38N2O2S. The topological polar surface area (TPSA) is 61.2 Å². The van der Waals surface area contributed by atoms with Gasteiger partial charge in [-0.25, -0.2) is 8.42 Å². The van der Waals surface area contributed by atoms with E-state index in [-0.39, 0.29) is 10.6 Å². The molecule has 0 amide bonds. The molecule has 1 N–H and O–H groups in total. The monoisotopic (exact) mass is 394 g/mol. The summed E-state index contributed by atoms with van der Waals surface area (Å²) in [4.78, 5) is 0.189. The molecule has 0 heterocycles. The Kier molecular flexibility index (Phi) is 10.9. The molecule has 0 saturated carbocycles. The highest BCUT2D eigenvalue weighted by atomic mass is 32.2. The number of sulfonamides is 1. The van der Waals surface area contributed by atoms with Crippen LogP contribution in [0.4, 0.5) is 0 Å². The highest BCUT2D eigenvalue weighted by Crippen LogP contribution is 2.24. The van der Waals surface area contributed by atoms with Crippen LogP contribution in [0, 0.1) is 29.1 Å². The molecule has 0 aliphatic heterocycles. The molecule has 0 bridgehead atoms. The molecule has 5 heteroatoms. The van der Waals surface area contributed by atoms with Gasteiger partial charge in [-0.15, -0.1) is 0 Å². The maximum absolute atomic E-state index is 13.3. The van der Waals surface area contributed by atoms with Gasteiger partial charge in [0.25, 0.3) is 10.0 Å². The minimum Gasteiger partial charge on any atom is -0.296 e. The zero-order valence-electron chi connectivity index (χ0n) is 17.7. The predicted molar refractivity (Wildman–Crippen MR) is 115 cm³/mol. The van der Waals surface area contributed by atoms with Crippen LogP contribution in [0.1, 0.15) is 85.5 Å². The minimum absolute atomic E-state index is 0.189. The van der Waals surface area contributed by atoms with Gasteiger partial charge in [0.1, 0.15) is 4.91 Å². The second-order valence-electron chi connectivity index (χ2n) is 7.66. The Bertz CT molecular complexity index is 638. The molecule has 2 unspecified atom stereocenters. The Morgan fingerprint density at radius 1 is 1.00 bits per heavy atom. The van der Waals surface area contributed by atoms with Crippen molar-refractivity contribution in [1.82, 2.24) is 4.31 Å². The Morgan fingerprint density at radius 3 is 1.89 bits per heavy atom. The zero-order valence-corrected chi connectivity index (χ0v) is 18.5. The molecule has 2 atom stereocenters. The van der Waals surface area contributed by atoms with Crippen LogP contribution in [0.15, 0.2) is 11.0 Å². The SMILES string of the molecule is CCCCC(CC)CN(CC(CC)CCCC)S(=O)(=O)C1=CCC(=N)C#C1. The molecule has 0 spiro atoms. The van der Waals surface area contributed by atoms with Crippen molar-refractivity contribution in [1.29, 1.82) is 5.41 Å². The highest BCUT2D eigenvalue weighted by Gasteiger charge is 2.30. The molecule has 4 nitrogen and oxygen atoms in total. The summed E-state index contributed by atoms with van der Waals surface area (Å²) in [6, 6.07) is 0. The first kappa shape index (κ1) is 23.9. The molecule has 27 heavy (non-hydrogen) atoms. The van der Waals surface area contributed by atoms with Gasteiger partial charge >= 0.3 is 0 Å². The van der Waals surface area contributed by atoms with Gasteiger partial charge in [0.2, 0.25) is 0 Å². The number of unbranched alkanes of at least 4 members (excludes halogenated alkanes) is 2. The first-order valence-corrected chi connectivity index (χ1v) is 12.1. The summed E-state index contributed by atoms with van der Waals surface area (Å²) in [5.41, 5.74) is 0.282. The van der Waals surface area contributed by atoms with E-state index in [1.807, 2.05) is 0 Å². The van der Waals surface area contributed by atoms with E-state index < -0.39 is 10.0 Å². The minimum atomic E-state index is -3.58. The summed E-state index contributed by atoms with van der Waals surface area (Å²) in [7, 11) is -3.58. The first-order chi connectivity index (χ1) is 12.9. The summed E-state index contributed by atoms with van der Waals surface area (Å²) >= 11 is 0. The van der Waals surface area contributed by atoms with Crippen molar-refractivity contribution in [3.05, 3.63) is 11.0 Å². The number of hydrogen-bond donors (Lipinski definition) is 1. The van der Waals surface area contributed by atoms with E-state index in [1.165, 1.54) is 0 Å². The lowest BCUT2D eigenvalue weighted by molar-refractivity contribution is 0.272. The Balaban J connectivity index is 3.05. The third kappa shape index (κ3) is 7.79. The number of nitrogens with zero attached hydrogens (tertiary/aromatic N) is 1. The Hall–Kier alpha value is -1.12. The van der Waals surface area contributed by atoms with Gasteiger partial charge in [0.05, 0.1) is 5.71 Å². The van der Waals surface area contributed by atoms with Crippen molar-refractivity contribution in [2.45, 2.75) is 85.5 Å². The first-order valence-electron chi connectivity index (χ1n) is 10.7. The molecule has 154 valence electrons. The molecule has 1 aliphatic carbocycles. The highest BCUT2D eigenvalue weighted by molar-refractivity contribution is 7.93. The number of hydrogen-bond acceptors (Lipinski definition) is 3. The summed E-state index contributed by atoms with van der Waals surface area (Å²) in [5, 5.41) is 7.60. The molecule has 0 saturated heterocycles. The third-order valence-electron chi connectivity index (χ3n) is 5.46. The van der Waals surface area contributed by atoms with Gasteiger partial charge in [-0.05, 0) is 42.6 Å². The summed E-state index contributed by atoms with van der Waals surface area (Å²) in [6.45, 7) is 9.82. The lowest BCUT2D eigenvalue weighted by Gasteiger charge is -2.30. The average Bonchev–Trinajstić information content (AvgIpc) is 2.67. The molecule has 1 rings (SSSR count). The van der Waals surface area contributed by atoms with Crippen LogP contribution >= 0.6 is 0 Å². The lowest BCUT2D eigenvalue weighted by Crippen LogP contribution is -2.39. The van der Waals surface area contributed by atoms with Crippen molar-refractivity contribution < 1.29 is 8.42 Å². The summed E-state index contributed by atoms with van der Waals surface area (Å²) in [5.74, 6) is 6.15. The molecule has 0 fully saturated rings. The number of allylic oxidation sites excluding steroid dienone is 2. The van der Waals surface area contributed by atoms with Gasteiger partial charge in [-0.2, -0.15) is 4.31 Å². The lowest BCUT2D eigenvalue weighted by atomic mass is 9.97. The fourth-order valence-electron chi connectivity index (χ4n) is 3.42. The quantitative estimate of drug-likeness (QED) is 0.403. The van der Waals surface area contributed by atoms with Crippen LogP contribution < -0.4 is 0 Å². The van der Waals surface area contributed by atoms with Crippen LogP contribution in [0.3, 0.4) is 0 Å². The van der Waals surface area contributed by atoms with Crippen molar-refractivity contribution in [3.8, 4) is 11.8 Å². The largest absolute Gasteiger partial charge is 0.296 e. The molecule has 0 aromatic heterocycles. The molecule has 0 aromatic rings. The maximum Gasteiger partial charge on any atom is 0.250 e. The van der Waals surface area contributed by atoms with Gasteiger partial charge in [-0.3, -0.25) is 5.41 Å². The third-order valence-corrected chi connectivity index (χ3v) is 7.26. The van der Waals surface area contributed by atoms with Crippen LogP contribution in [-0.4, -0.2) is 31.5 Å². The van der Waals surface area contributed by atoms with Crippen molar-refractivity contribution in [2.75, 3.05) is 13.1 Å². The standard InChI is InChI=1S/C22H38N2O2S/c1-5-9-11-19(7-3)17-24(18-20(8-4)12-10-6-2)27(25,26)22-15-13-21(23)14-16-22/h15,19-20,23H,5-13,17-18H2,1-4H3. The van der Waals surface area contributed by atoms with E-state index in [4.69, 9.17) is 5.41 Å². The predicted octanol–water partition coefficient (Wildman–Crippen LogP) is 5.36. The van der Waals surface area contributed by atoms with E-state index in [9.17, 15) is 8.42 Å². The fraction of sp³-hybridized carbons (Fsp3) is 0.773. The van der Waals surface area contributed by atoms with Crippen molar-refractivity contribution >= 4 is 15.7 Å². The number of nitrogens with one attached hydrogen (secondary N) is 1. The molecule has 1 aliphatic rings. The van der Waals surface area contributed by atoms with Crippen LogP contribution in [0.25, 0.3) is 0 Å². The van der Waals surface area contributed by atoms with E-state index in [1.54, 1.807) is 10.4 Å². The maximum atomic E-state index is 13.3. The van der Waals surface area contributed by atoms with Gasteiger partial charge < -0.3 is 0 Å². The smallest absolute Gasteiger partial charge is 0.250 e. The molecule has 0 radical (unpaired) electrons. The second kappa shape index (κ2) is 12.4. The van der Waals surface area contributed by atoms with Gasteiger partial charge in [0, 0.05) is 19.5 Å². The van der Waals surface area contributed by atoms with E-state index >= 15 is 0 Å². The van der Waals surface area contributed by atoms with E-state index in [0.717, 1.165) is 51.4 Å². The van der Waals surface area contributed by atoms with Gasteiger partial charge in [0.15, 0.2) is 0 Å². The zero-order chi connectivity index (χ0) is 20.3. The molecular weight excluding hydrogens is 356 g/mol. The van der Waals surface area contributed by atoms with E-state index in [2.05, 4.69) is 39.5 Å². The normalized spacial score (nSPS) is 16.6. The Labute approximate surface area is 167 Å². The van der Waals surface area contributed by atoms with Crippen molar-refractivity contribution in [2.24, 2.45) is 11.8 Å². The van der Waals surface area contributed by atoms with Crippen LogP contribution in [0.5, 0.6) is 0 Å². The average molecular weight is 395 g/mol. The van der Waals surface area contributed by atoms with Crippen molar-refractivity contribution in [3.63, 3.8) is 0 Å².